The van der Waals surface area contributed by atoms with E-state index in [1.54, 1.807) is 0 Å². The van der Waals surface area contributed by atoms with Crippen molar-refractivity contribution in [2.24, 2.45) is 11.8 Å². The maximum absolute atomic E-state index is 10.5. The molecule has 1 aliphatic rings. The van der Waals surface area contributed by atoms with Crippen molar-refractivity contribution in [1.82, 2.24) is 0 Å². The third-order valence-corrected chi connectivity index (χ3v) is 5.46. The van der Waals surface area contributed by atoms with Gasteiger partial charge in [-0.25, -0.2) is 0 Å². The lowest BCUT2D eigenvalue weighted by molar-refractivity contribution is -0.137. The highest BCUT2D eigenvalue weighted by atomic mass is 16.4. The zero-order valence-electron chi connectivity index (χ0n) is 14.8. The van der Waals surface area contributed by atoms with Crippen molar-refractivity contribution in [3.63, 3.8) is 0 Å². The van der Waals surface area contributed by atoms with Gasteiger partial charge in [-0.3, -0.25) is 4.79 Å². The van der Waals surface area contributed by atoms with Gasteiger partial charge in [-0.05, 0) is 18.3 Å². The standard InChI is InChI=1S/C20H38O2/c1-2-3-4-5-6-9-13-18-15-12-16-19(18)14-10-7-8-11-17-20(21)22/h18-19H,2-17H2,1H3,(H,21,22)/t18-,19-/m0/s1. The van der Waals surface area contributed by atoms with Gasteiger partial charge in [0.05, 0.1) is 0 Å². The summed E-state index contributed by atoms with van der Waals surface area (Å²) < 4.78 is 0. The molecule has 0 unspecified atom stereocenters. The molecule has 0 heterocycles. The predicted octanol–water partition coefficient (Wildman–Crippen LogP) is 6.58. The van der Waals surface area contributed by atoms with Crippen LogP contribution < -0.4 is 0 Å². The molecule has 2 nitrogen and oxygen atoms in total. The SMILES string of the molecule is CCCCCCCC[C@H]1CCC[C@@H]1CCCCCCC(=O)O. The summed E-state index contributed by atoms with van der Waals surface area (Å²) in [5.74, 6) is 1.34. The van der Waals surface area contributed by atoms with Crippen molar-refractivity contribution in [2.45, 2.75) is 110 Å². The fraction of sp³-hybridized carbons (Fsp3) is 0.950. The Balaban J connectivity index is 1.99. The lowest BCUT2D eigenvalue weighted by Crippen LogP contribution is -2.08. The first-order chi connectivity index (χ1) is 10.7. The van der Waals surface area contributed by atoms with Crippen LogP contribution in [0, 0.1) is 11.8 Å². The molecule has 0 aromatic carbocycles. The van der Waals surface area contributed by atoms with Gasteiger partial charge in [-0.1, -0.05) is 96.8 Å². The third kappa shape index (κ3) is 9.48. The maximum Gasteiger partial charge on any atom is 0.303 e. The second-order valence-corrected chi connectivity index (χ2v) is 7.35. The molecule has 0 aliphatic heterocycles. The van der Waals surface area contributed by atoms with Gasteiger partial charge >= 0.3 is 5.97 Å². The number of carboxylic acids is 1. The van der Waals surface area contributed by atoms with E-state index in [0.29, 0.717) is 6.42 Å². The van der Waals surface area contributed by atoms with E-state index in [4.69, 9.17) is 5.11 Å². The average Bonchev–Trinajstić information content (AvgIpc) is 2.93. The Bertz CT molecular complexity index is 275. The molecule has 2 atom stereocenters. The Morgan fingerprint density at radius 2 is 1.32 bits per heavy atom. The third-order valence-electron chi connectivity index (χ3n) is 5.46. The highest BCUT2D eigenvalue weighted by Crippen LogP contribution is 2.38. The quantitative estimate of drug-likeness (QED) is 0.368. The zero-order valence-corrected chi connectivity index (χ0v) is 14.8. The molecule has 0 bridgehead atoms. The van der Waals surface area contributed by atoms with E-state index in [0.717, 1.165) is 24.7 Å². The molecule has 0 aromatic rings. The Kier molecular flexibility index (Phi) is 11.5. The van der Waals surface area contributed by atoms with E-state index in [1.807, 2.05) is 0 Å². The van der Waals surface area contributed by atoms with Crippen molar-refractivity contribution in [1.29, 1.82) is 0 Å². The van der Waals surface area contributed by atoms with Gasteiger partial charge in [0.1, 0.15) is 0 Å². The highest BCUT2D eigenvalue weighted by molar-refractivity contribution is 5.66. The molecule has 0 radical (unpaired) electrons. The number of unbranched alkanes of at least 4 members (excludes halogenated alkanes) is 8. The van der Waals surface area contributed by atoms with Crippen LogP contribution in [0.25, 0.3) is 0 Å². The van der Waals surface area contributed by atoms with Crippen molar-refractivity contribution < 1.29 is 9.90 Å². The minimum Gasteiger partial charge on any atom is -0.481 e. The van der Waals surface area contributed by atoms with Crippen molar-refractivity contribution in [3.05, 3.63) is 0 Å². The van der Waals surface area contributed by atoms with E-state index in [2.05, 4.69) is 6.92 Å². The molecule has 1 rings (SSSR count). The molecule has 2 heteroatoms. The van der Waals surface area contributed by atoms with E-state index in [-0.39, 0.29) is 0 Å². The molecule has 1 fully saturated rings. The molecular formula is C20H38O2. The van der Waals surface area contributed by atoms with Gasteiger partial charge < -0.3 is 5.11 Å². The number of aliphatic carboxylic acids is 1. The van der Waals surface area contributed by atoms with E-state index < -0.39 is 5.97 Å². The lowest BCUT2D eigenvalue weighted by atomic mass is 9.86. The van der Waals surface area contributed by atoms with E-state index in [9.17, 15) is 4.79 Å². The van der Waals surface area contributed by atoms with Gasteiger partial charge in [-0.15, -0.1) is 0 Å². The zero-order chi connectivity index (χ0) is 16.0. The Labute approximate surface area is 138 Å². The molecule has 0 spiro atoms. The van der Waals surface area contributed by atoms with Crippen LogP contribution >= 0.6 is 0 Å². The highest BCUT2D eigenvalue weighted by Gasteiger charge is 2.25. The van der Waals surface area contributed by atoms with Gasteiger partial charge in [0.2, 0.25) is 0 Å². The Hall–Kier alpha value is -0.530. The number of carbonyl (C=O) groups is 1. The topological polar surface area (TPSA) is 37.3 Å². The summed E-state index contributed by atoms with van der Waals surface area (Å²) in [5.41, 5.74) is 0. The first kappa shape index (κ1) is 19.5. The fourth-order valence-corrected chi connectivity index (χ4v) is 4.10. The Morgan fingerprint density at radius 1 is 0.818 bits per heavy atom. The fourth-order valence-electron chi connectivity index (χ4n) is 4.10. The molecule has 1 aliphatic carbocycles. The van der Waals surface area contributed by atoms with Gasteiger partial charge in [0, 0.05) is 6.42 Å². The summed E-state index contributed by atoms with van der Waals surface area (Å²) in [4.78, 5) is 10.5. The number of hydrogen-bond donors (Lipinski definition) is 1. The van der Waals surface area contributed by atoms with Crippen LogP contribution in [0.15, 0.2) is 0 Å². The molecule has 0 saturated heterocycles. The number of hydrogen-bond acceptors (Lipinski definition) is 1. The molecule has 1 N–H and O–H groups in total. The predicted molar refractivity (Wildman–Crippen MR) is 94.2 cm³/mol. The normalized spacial score (nSPS) is 21.3. The molecule has 0 amide bonds. The van der Waals surface area contributed by atoms with Crippen LogP contribution in [0.5, 0.6) is 0 Å². The second kappa shape index (κ2) is 13.0. The smallest absolute Gasteiger partial charge is 0.303 e. The molecule has 1 saturated carbocycles. The average molecular weight is 311 g/mol. The minimum absolute atomic E-state index is 0.351. The van der Waals surface area contributed by atoms with Crippen LogP contribution in [0.3, 0.4) is 0 Å². The summed E-state index contributed by atoms with van der Waals surface area (Å²) in [6, 6.07) is 0. The first-order valence-electron chi connectivity index (χ1n) is 9.95. The molecular weight excluding hydrogens is 272 g/mol. The van der Waals surface area contributed by atoms with Gasteiger partial charge in [0.25, 0.3) is 0 Å². The van der Waals surface area contributed by atoms with Crippen LogP contribution in [0.4, 0.5) is 0 Å². The van der Waals surface area contributed by atoms with Crippen LogP contribution in [-0.2, 0) is 4.79 Å². The molecule has 0 aromatic heterocycles. The van der Waals surface area contributed by atoms with Crippen LogP contribution in [-0.4, -0.2) is 11.1 Å². The summed E-state index contributed by atoms with van der Waals surface area (Å²) >= 11 is 0. The summed E-state index contributed by atoms with van der Waals surface area (Å²) in [5, 5.41) is 8.63. The van der Waals surface area contributed by atoms with E-state index in [1.165, 1.54) is 83.5 Å². The largest absolute Gasteiger partial charge is 0.481 e. The summed E-state index contributed by atoms with van der Waals surface area (Å²) in [6.45, 7) is 2.28. The van der Waals surface area contributed by atoms with Gasteiger partial charge in [0.15, 0.2) is 0 Å². The number of rotatable bonds is 14. The van der Waals surface area contributed by atoms with Crippen molar-refractivity contribution >= 4 is 5.97 Å². The molecule has 22 heavy (non-hydrogen) atoms. The van der Waals surface area contributed by atoms with Crippen LogP contribution in [0.1, 0.15) is 110 Å². The summed E-state index contributed by atoms with van der Waals surface area (Å²) in [6.07, 6.45) is 20.6. The van der Waals surface area contributed by atoms with Gasteiger partial charge in [-0.2, -0.15) is 0 Å². The van der Waals surface area contributed by atoms with E-state index >= 15 is 0 Å². The van der Waals surface area contributed by atoms with Crippen molar-refractivity contribution in [3.8, 4) is 0 Å². The molecule has 130 valence electrons. The van der Waals surface area contributed by atoms with Crippen LogP contribution in [0.2, 0.25) is 0 Å². The first-order valence-corrected chi connectivity index (χ1v) is 9.95. The minimum atomic E-state index is -0.644. The lowest BCUT2D eigenvalue weighted by Gasteiger charge is -2.19. The summed E-state index contributed by atoms with van der Waals surface area (Å²) in [7, 11) is 0. The second-order valence-electron chi connectivity index (χ2n) is 7.35. The maximum atomic E-state index is 10.5. The Morgan fingerprint density at radius 3 is 1.86 bits per heavy atom. The van der Waals surface area contributed by atoms with Crippen molar-refractivity contribution in [2.75, 3.05) is 0 Å². The monoisotopic (exact) mass is 310 g/mol. The number of carboxylic acid groups (broad SMARTS) is 1.